The van der Waals surface area contributed by atoms with E-state index in [1.165, 1.54) is 0 Å². The van der Waals surface area contributed by atoms with Gasteiger partial charge in [-0.1, -0.05) is 84.9 Å². The molecular formula is C22H22O4. The van der Waals surface area contributed by atoms with Crippen LogP contribution in [0.4, 0.5) is 0 Å². The van der Waals surface area contributed by atoms with Crippen molar-refractivity contribution in [1.82, 2.24) is 0 Å². The summed E-state index contributed by atoms with van der Waals surface area (Å²) < 4.78 is 0. The standard InChI is InChI=1S/C22H22O4/c23-19(15-7-3-1-4-8-15)21(25)17-11-13-18(14-12-17)22(26)20(24)16-9-5-2-6-10-16/h1-14,19-26H. The van der Waals surface area contributed by atoms with E-state index in [9.17, 15) is 20.4 Å². The molecule has 4 atom stereocenters. The molecule has 0 radical (unpaired) electrons. The summed E-state index contributed by atoms with van der Waals surface area (Å²) in [5.74, 6) is 0. The van der Waals surface area contributed by atoms with Crippen molar-refractivity contribution in [1.29, 1.82) is 0 Å². The second-order valence-electron chi connectivity index (χ2n) is 6.27. The predicted molar refractivity (Wildman–Crippen MR) is 99.2 cm³/mol. The Hall–Kier alpha value is -2.50. The second-order valence-corrected chi connectivity index (χ2v) is 6.27. The lowest BCUT2D eigenvalue weighted by Gasteiger charge is -2.21. The summed E-state index contributed by atoms with van der Waals surface area (Å²) in [5.41, 5.74) is 2.32. The highest BCUT2D eigenvalue weighted by molar-refractivity contribution is 5.30. The third-order valence-corrected chi connectivity index (χ3v) is 4.50. The van der Waals surface area contributed by atoms with Crippen LogP contribution in [0.2, 0.25) is 0 Å². The van der Waals surface area contributed by atoms with Crippen LogP contribution < -0.4 is 0 Å². The lowest BCUT2D eigenvalue weighted by Crippen LogP contribution is -2.12. The second kappa shape index (κ2) is 8.25. The van der Waals surface area contributed by atoms with E-state index in [0.29, 0.717) is 22.3 Å². The number of aliphatic hydroxyl groups is 4. The number of hydrogen-bond acceptors (Lipinski definition) is 4. The first-order valence-corrected chi connectivity index (χ1v) is 8.50. The molecule has 134 valence electrons. The summed E-state index contributed by atoms with van der Waals surface area (Å²) in [6, 6.07) is 24.5. The van der Waals surface area contributed by atoms with Gasteiger partial charge in [0.1, 0.15) is 24.4 Å². The average Bonchev–Trinajstić information content (AvgIpc) is 2.73. The first-order chi connectivity index (χ1) is 12.6. The van der Waals surface area contributed by atoms with Gasteiger partial charge < -0.3 is 20.4 Å². The maximum absolute atomic E-state index is 10.4. The lowest BCUT2D eigenvalue weighted by atomic mass is 9.94. The molecule has 3 aromatic carbocycles. The molecule has 0 fully saturated rings. The van der Waals surface area contributed by atoms with Crippen LogP contribution >= 0.6 is 0 Å². The Balaban J connectivity index is 1.73. The number of benzene rings is 3. The molecule has 0 heterocycles. The zero-order chi connectivity index (χ0) is 18.5. The number of rotatable bonds is 6. The topological polar surface area (TPSA) is 80.9 Å². The summed E-state index contributed by atoms with van der Waals surface area (Å²) >= 11 is 0. The van der Waals surface area contributed by atoms with Gasteiger partial charge in [-0.2, -0.15) is 0 Å². The molecule has 0 bridgehead atoms. The molecule has 4 heteroatoms. The lowest BCUT2D eigenvalue weighted by molar-refractivity contribution is 0.0152. The van der Waals surface area contributed by atoms with Gasteiger partial charge in [-0.3, -0.25) is 0 Å². The zero-order valence-electron chi connectivity index (χ0n) is 14.2. The van der Waals surface area contributed by atoms with Crippen LogP contribution in [0, 0.1) is 0 Å². The molecule has 0 amide bonds. The van der Waals surface area contributed by atoms with Crippen LogP contribution in [-0.4, -0.2) is 20.4 Å². The molecule has 0 aliphatic carbocycles. The van der Waals surface area contributed by atoms with Crippen molar-refractivity contribution in [3.63, 3.8) is 0 Å². The molecule has 0 spiro atoms. The molecular weight excluding hydrogens is 328 g/mol. The largest absolute Gasteiger partial charge is 0.385 e. The van der Waals surface area contributed by atoms with Crippen LogP contribution in [0.25, 0.3) is 0 Å². The Bertz CT molecular complexity index is 732. The predicted octanol–water partition coefficient (Wildman–Crippen LogP) is 3.22. The minimum absolute atomic E-state index is 0.534. The van der Waals surface area contributed by atoms with Crippen molar-refractivity contribution >= 4 is 0 Å². The highest BCUT2D eigenvalue weighted by Crippen LogP contribution is 2.32. The van der Waals surface area contributed by atoms with Crippen molar-refractivity contribution in [2.75, 3.05) is 0 Å². The van der Waals surface area contributed by atoms with Crippen LogP contribution in [0.1, 0.15) is 46.7 Å². The zero-order valence-corrected chi connectivity index (χ0v) is 14.2. The molecule has 26 heavy (non-hydrogen) atoms. The molecule has 0 aliphatic rings. The van der Waals surface area contributed by atoms with Gasteiger partial charge in [-0.15, -0.1) is 0 Å². The van der Waals surface area contributed by atoms with Crippen molar-refractivity contribution in [3.8, 4) is 0 Å². The van der Waals surface area contributed by atoms with E-state index in [1.54, 1.807) is 72.8 Å². The SMILES string of the molecule is OC(c1ccccc1)C(O)c1ccc(C(O)C(O)c2ccccc2)cc1. The van der Waals surface area contributed by atoms with Crippen LogP contribution in [0.3, 0.4) is 0 Å². The molecule has 4 unspecified atom stereocenters. The van der Waals surface area contributed by atoms with Crippen molar-refractivity contribution in [3.05, 3.63) is 107 Å². The van der Waals surface area contributed by atoms with Gasteiger partial charge in [0, 0.05) is 0 Å². The van der Waals surface area contributed by atoms with E-state index >= 15 is 0 Å². The molecule has 0 aromatic heterocycles. The Labute approximate surface area is 152 Å². The van der Waals surface area contributed by atoms with Gasteiger partial charge in [-0.25, -0.2) is 0 Å². The monoisotopic (exact) mass is 350 g/mol. The number of hydrogen-bond donors (Lipinski definition) is 4. The first kappa shape index (κ1) is 18.3. The minimum Gasteiger partial charge on any atom is -0.385 e. The Morgan fingerprint density at radius 1 is 0.346 bits per heavy atom. The molecule has 4 nitrogen and oxygen atoms in total. The fraction of sp³-hybridized carbons (Fsp3) is 0.182. The van der Waals surface area contributed by atoms with Gasteiger partial charge in [0.25, 0.3) is 0 Å². The summed E-state index contributed by atoms with van der Waals surface area (Å²) in [7, 11) is 0. The fourth-order valence-corrected chi connectivity index (χ4v) is 2.92. The van der Waals surface area contributed by atoms with Gasteiger partial charge in [-0.05, 0) is 22.3 Å². The van der Waals surface area contributed by atoms with Crippen molar-refractivity contribution in [2.45, 2.75) is 24.4 Å². The van der Waals surface area contributed by atoms with Crippen LogP contribution in [0.15, 0.2) is 84.9 Å². The Morgan fingerprint density at radius 2 is 0.577 bits per heavy atom. The maximum atomic E-state index is 10.4. The summed E-state index contributed by atoms with van der Waals surface area (Å²) in [6.07, 6.45) is -4.24. The molecule has 0 saturated carbocycles. The average molecular weight is 350 g/mol. The third kappa shape index (κ3) is 4.00. The summed E-state index contributed by atoms with van der Waals surface area (Å²) in [6.45, 7) is 0. The van der Waals surface area contributed by atoms with Gasteiger partial charge in [0.2, 0.25) is 0 Å². The summed E-state index contributed by atoms with van der Waals surface area (Å²) in [5, 5.41) is 41.4. The van der Waals surface area contributed by atoms with Crippen LogP contribution in [0.5, 0.6) is 0 Å². The Morgan fingerprint density at radius 3 is 0.846 bits per heavy atom. The number of aliphatic hydroxyl groups excluding tert-OH is 4. The molecule has 0 aliphatic heterocycles. The fourth-order valence-electron chi connectivity index (χ4n) is 2.92. The quantitative estimate of drug-likeness (QED) is 0.550. The van der Waals surface area contributed by atoms with E-state index in [4.69, 9.17) is 0 Å². The summed E-state index contributed by atoms with van der Waals surface area (Å²) in [4.78, 5) is 0. The van der Waals surface area contributed by atoms with Crippen LogP contribution in [-0.2, 0) is 0 Å². The smallest absolute Gasteiger partial charge is 0.109 e. The highest BCUT2D eigenvalue weighted by atomic mass is 16.3. The van der Waals surface area contributed by atoms with Gasteiger partial charge >= 0.3 is 0 Å². The third-order valence-electron chi connectivity index (χ3n) is 4.50. The molecule has 4 N–H and O–H groups in total. The van der Waals surface area contributed by atoms with E-state index < -0.39 is 24.4 Å². The van der Waals surface area contributed by atoms with E-state index in [-0.39, 0.29) is 0 Å². The van der Waals surface area contributed by atoms with Gasteiger partial charge in [0.05, 0.1) is 0 Å². The minimum atomic E-state index is -1.08. The van der Waals surface area contributed by atoms with Crippen molar-refractivity contribution in [2.24, 2.45) is 0 Å². The van der Waals surface area contributed by atoms with E-state index in [2.05, 4.69) is 0 Å². The Kier molecular flexibility index (Phi) is 5.81. The molecule has 0 saturated heterocycles. The van der Waals surface area contributed by atoms with Gasteiger partial charge in [0.15, 0.2) is 0 Å². The van der Waals surface area contributed by atoms with E-state index in [1.807, 2.05) is 12.1 Å². The first-order valence-electron chi connectivity index (χ1n) is 8.50. The molecule has 3 aromatic rings. The maximum Gasteiger partial charge on any atom is 0.109 e. The highest BCUT2D eigenvalue weighted by Gasteiger charge is 2.22. The normalized spacial score (nSPS) is 15.8. The molecule has 3 rings (SSSR count). The van der Waals surface area contributed by atoms with E-state index in [0.717, 1.165) is 0 Å². The van der Waals surface area contributed by atoms with Crippen molar-refractivity contribution < 1.29 is 20.4 Å².